The molecule has 2 aromatic rings. The number of carbonyl (C=O) groups excluding carboxylic acids is 2. The number of pyridine rings is 1. The number of hydrogen-bond donors (Lipinski definition) is 2. The maximum Gasteiger partial charge on any atom is 0.278 e. The van der Waals surface area contributed by atoms with Crippen LogP contribution in [0.3, 0.4) is 0 Å². The van der Waals surface area contributed by atoms with Crippen molar-refractivity contribution >= 4 is 23.3 Å². The summed E-state index contributed by atoms with van der Waals surface area (Å²) in [5.74, 6) is 1.47. The molecule has 4 rings (SSSR count). The van der Waals surface area contributed by atoms with Gasteiger partial charge >= 0.3 is 0 Å². The lowest BCUT2D eigenvalue weighted by Crippen LogP contribution is -3.14. The molecule has 1 aromatic carbocycles. The maximum absolute atomic E-state index is 12.8. The van der Waals surface area contributed by atoms with E-state index in [-0.39, 0.29) is 17.7 Å². The second kappa shape index (κ2) is 9.71. The number of nitrogens with zero attached hydrogens (tertiary/aromatic N) is 2. The van der Waals surface area contributed by atoms with Gasteiger partial charge in [0.25, 0.3) is 11.7 Å². The van der Waals surface area contributed by atoms with Gasteiger partial charge in [0.1, 0.15) is 13.1 Å². The molecule has 7 nitrogen and oxygen atoms in total. The Morgan fingerprint density at radius 2 is 1.67 bits per heavy atom. The van der Waals surface area contributed by atoms with Crippen LogP contribution in [-0.2, 0) is 9.59 Å². The van der Waals surface area contributed by atoms with Crippen LogP contribution in [0.5, 0.6) is 0 Å². The number of carbonyl (C=O) groups is 2. The van der Waals surface area contributed by atoms with Crippen molar-refractivity contribution in [3.8, 4) is 0 Å². The number of benzene rings is 1. The predicted molar refractivity (Wildman–Crippen MR) is 115 cm³/mol. The molecule has 2 saturated heterocycles. The van der Waals surface area contributed by atoms with Gasteiger partial charge in [0.15, 0.2) is 6.54 Å². The Morgan fingerprint density at radius 1 is 0.967 bits per heavy atom. The normalized spacial score (nSPS) is 21.9. The van der Waals surface area contributed by atoms with Gasteiger partial charge in [0.2, 0.25) is 5.91 Å². The van der Waals surface area contributed by atoms with E-state index in [9.17, 15) is 9.59 Å². The molecule has 2 fully saturated rings. The lowest BCUT2D eigenvalue weighted by molar-refractivity contribution is -0.898. The number of anilines is 2. The van der Waals surface area contributed by atoms with Crippen LogP contribution in [0, 0.1) is 5.92 Å². The molecule has 7 heteroatoms. The molecule has 2 amide bonds. The number of aromatic amines is 1. The number of H-pyrrole nitrogens is 1. The van der Waals surface area contributed by atoms with Crippen molar-refractivity contribution in [1.29, 1.82) is 0 Å². The number of amides is 2. The van der Waals surface area contributed by atoms with Crippen molar-refractivity contribution in [1.82, 2.24) is 4.90 Å². The molecular weight excluding hydrogens is 378 g/mol. The number of aromatic nitrogens is 1. The first kappa shape index (κ1) is 20.3. The molecule has 0 spiro atoms. The average molecular weight is 410 g/mol. The number of likely N-dealkylation sites (tertiary alicyclic amines) is 1. The van der Waals surface area contributed by atoms with E-state index < -0.39 is 0 Å². The van der Waals surface area contributed by atoms with Crippen LogP contribution in [0.25, 0.3) is 0 Å². The van der Waals surface area contributed by atoms with Gasteiger partial charge in [-0.1, -0.05) is 24.3 Å². The number of rotatable bonds is 5. The Hall–Kier alpha value is -2.93. The monoisotopic (exact) mass is 409 g/mol. The third-order valence-electron chi connectivity index (χ3n) is 6.17. The molecule has 158 valence electrons. The first-order valence-corrected chi connectivity index (χ1v) is 10.9. The summed E-state index contributed by atoms with van der Waals surface area (Å²) in [6.45, 7) is 5.50. The Labute approximate surface area is 177 Å². The highest BCUT2D eigenvalue weighted by atomic mass is 16.2. The van der Waals surface area contributed by atoms with E-state index in [1.807, 2.05) is 53.6 Å². The smallest absolute Gasteiger partial charge is 0.278 e. The zero-order valence-electron chi connectivity index (χ0n) is 17.3. The van der Waals surface area contributed by atoms with E-state index in [0.717, 1.165) is 63.6 Å². The first-order valence-electron chi connectivity index (χ1n) is 10.9. The van der Waals surface area contributed by atoms with Gasteiger partial charge in [-0.3, -0.25) is 14.5 Å². The van der Waals surface area contributed by atoms with Crippen molar-refractivity contribution in [2.45, 2.75) is 12.8 Å². The van der Waals surface area contributed by atoms with Crippen LogP contribution in [0.15, 0.2) is 54.7 Å². The summed E-state index contributed by atoms with van der Waals surface area (Å²) < 4.78 is 0. The summed E-state index contributed by atoms with van der Waals surface area (Å²) in [6, 6.07) is 15.7. The second-order valence-corrected chi connectivity index (χ2v) is 8.17. The summed E-state index contributed by atoms with van der Waals surface area (Å²) in [7, 11) is 0. The van der Waals surface area contributed by atoms with E-state index in [0.29, 0.717) is 6.54 Å². The van der Waals surface area contributed by atoms with Crippen LogP contribution in [0.2, 0.25) is 0 Å². The molecule has 0 atom stereocenters. The summed E-state index contributed by atoms with van der Waals surface area (Å²) in [5, 5.41) is 3.01. The fraction of sp³-hybridized carbons (Fsp3) is 0.435. The molecule has 3 heterocycles. The fourth-order valence-corrected chi connectivity index (χ4v) is 4.33. The standard InChI is InChI=1S/C23H29N5O2/c29-22(28-16-14-27(15-17-28)21-8-4-5-11-24-21)18-26-12-9-19(10-13-26)23(30)25-20-6-2-1-3-7-20/h1-8,11,19H,9-10,12-18H2,(H,25,30)/p+2. The Balaban J connectivity index is 1.19. The SMILES string of the molecule is O=C(Nc1ccccc1)C1CC[NH+](CC(=O)N2CCN(c3cccc[nH+]3)CC2)CC1. The van der Waals surface area contributed by atoms with Crippen molar-refractivity contribution in [2.75, 3.05) is 56.0 Å². The number of nitrogens with one attached hydrogen (secondary N) is 3. The number of quaternary nitrogens is 1. The third-order valence-corrected chi connectivity index (χ3v) is 6.17. The first-order chi connectivity index (χ1) is 14.7. The highest BCUT2D eigenvalue weighted by Crippen LogP contribution is 2.14. The molecule has 3 N–H and O–H groups in total. The minimum atomic E-state index is 0.0368. The minimum Gasteiger partial charge on any atom is -0.330 e. The Morgan fingerprint density at radius 3 is 2.33 bits per heavy atom. The number of piperidine rings is 1. The van der Waals surface area contributed by atoms with Crippen molar-refractivity contribution in [2.24, 2.45) is 5.92 Å². The highest BCUT2D eigenvalue weighted by molar-refractivity contribution is 5.92. The third kappa shape index (κ3) is 5.16. The van der Waals surface area contributed by atoms with E-state index in [2.05, 4.69) is 21.3 Å². The van der Waals surface area contributed by atoms with Gasteiger partial charge in [-0.05, 0) is 18.2 Å². The lowest BCUT2D eigenvalue weighted by Gasteiger charge is -2.33. The lowest BCUT2D eigenvalue weighted by atomic mass is 9.95. The van der Waals surface area contributed by atoms with E-state index in [4.69, 9.17) is 0 Å². The molecule has 0 aliphatic carbocycles. The molecule has 0 unspecified atom stereocenters. The number of piperazine rings is 1. The van der Waals surface area contributed by atoms with Crippen LogP contribution in [0.4, 0.5) is 11.5 Å². The quantitative estimate of drug-likeness (QED) is 0.735. The summed E-state index contributed by atoms with van der Waals surface area (Å²) in [4.78, 5) is 34.1. The second-order valence-electron chi connectivity index (χ2n) is 8.17. The van der Waals surface area contributed by atoms with Crippen LogP contribution in [0.1, 0.15) is 12.8 Å². The van der Waals surface area contributed by atoms with E-state index in [1.165, 1.54) is 4.90 Å². The maximum atomic E-state index is 12.8. The molecule has 0 bridgehead atoms. The highest BCUT2D eigenvalue weighted by Gasteiger charge is 2.31. The fourth-order valence-electron chi connectivity index (χ4n) is 4.33. The van der Waals surface area contributed by atoms with Crippen LogP contribution < -0.4 is 20.1 Å². The molecule has 0 saturated carbocycles. The zero-order chi connectivity index (χ0) is 20.8. The molecule has 30 heavy (non-hydrogen) atoms. The number of hydrogen-bond acceptors (Lipinski definition) is 3. The van der Waals surface area contributed by atoms with Crippen molar-refractivity contribution in [3.05, 3.63) is 54.7 Å². The van der Waals surface area contributed by atoms with Crippen LogP contribution in [-0.4, -0.2) is 62.5 Å². The summed E-state index contributed by atoms with van der Waals surface area (Å²) >= 11 is 0. The average Bonchev–Trinajstić information content (AvgIpc) is 2.81. The topological polar surface area (TPSA) is 71.2 Å². The van der Waals surface area contributed by atoms with Gasteiger partial charge in [-0.15, -0.1) is 0 Å². The molecule has 2 aliphatic heterocycles. The summed E-state index contributed by atoms with van der Waals surface area (Å²) in [6.07, 6.45) is 3.59. The minimum absolute atomic E-state index is 0.0368. The predicted octanol–water partition coefficient (Wildman–Crippen LogP) is 0.0829. The van der Waals surface area contributed by atoms with Gasteiger partial charge in [-0.25, -0.2) is 4.98 Å². The van der Waals surface area contributed by atoms with Crippen molar-refractivity contribution < 1.29 is 19.5 Å². The Bertz CT molecular complexity index is 829. The zero-order valence-corrected chi connectivity index (χ0v) is 17.3. The van der Waals surface area contributed by atoms with Crippen LogP contribution >= 0.6 is 0 Å². The van der Waals surface area contributed by atoms with Gasteiger partial charge < -0.3 is 15.1 Å². The van der Waals surface area contributed by atoms with Gasteiger partial charge in [-0.2, -0.15) is 0 Å². The molecular formula is C23H31N5O2+2. The Kier molecular flexibility index (Phi) is 6.59. The summed E-state index contributed by atoms with van der Waals surface area (Å²) in [5.41, 5.74) is 0.847. The largest absolute Gasteiger partial charge is 0.330 e. The van der Waals surface area contributed by atoms with Crippen molar-refractivity contribution in [3.63, 3.8) is 0 Å². The molecule has 1 aromatic heterocycles. The molecule has 0 radical (unpaired) electrons. The van der Waals surface area contributed by atoms with Gasteiger partial charge in [0.05, 0.1) is 32.4 Å². The van der Waals surface area contributed by atoms with Gasteiger partial charge in [0, 0.05) is 30.5 Å². The van der Waals surface area contributed by atoms with E-state index >= 15 is 0 Å². The number of para-hydroxylation sites is 1. The van der Waals surface area contributed by atoms with E-state index in [1.54, 1.807) is 0 Å². The molecule has 2 aliphatic rings.